The summed E-state index contributed by atoms with van der Waals surface area (Å²) in [7, 11) is 0. The lowest BCUT2D eigenvalue weighted by molar-refractivity contribution is 0.867. The minimum atomic E-state index is 0.519. The molecule has 0 saturated heterocycles. The molecule has 4 nitrogen and oxygen atoms in total. The number of benzene rings is 2. The van der Waals surface area contributed by atoms with E-state index in [-0.39, 0.29) is 0 Å². The van der Waals surface area contributed by atoms with E-state index in [0.29, 0.717) is 23.3 Å². The van der Waals surface area contributed by atoms with E-state index in [1.807, 2.05) is 24.3 Å². The van der Waals surface area contributed by atoms with Crippen molar-refractivity contribution in [2.75, 3.05) is 5.73 Å². The largest absolute Gasteiger partial charge is 0.398 e. The molecule has 0 aliphatic rings. The maximum atomic E-state index is 5.97. The van der Waals surface area contributed by atoms with Crippen LogP contribution in [0.5, 0.6) is 0 Å². The second-order valence-corrected chi connectivity index (χ2v) is 5.37. The van der Waals surface area contributed by atoms with Gasteiger partial charge >= 0.3 is 0 Å². The van der Waals surface area contributed by atoms with Crippen LogP contribution in [0, 0.1) is 0 Å². The molecule has 0 spiro atoms. The molecule has 1 aromatic heterocycles. The van der Waals surface area contributed by atoms with Crippen LogP contribution in [0.1, 0.15) is 25.3 Å². The van der Waals surface area contributed by atoms with E-state index in [2.05, 4.69) is 53.3 Å². The van der Waals surface area contributed by atoms with Crippen molar-refractivity contribution >= 4 is 5.69 Å². The van der Waals surface area contributed by atoms with E-state index >= 15 is 0 Å². The Morgan fingerprint density at radius 2 is 1.71 bits per heavy atom. The third-order valence-electron chi connectivity index (χ3n) is 3.54. The van der Waals surface area contributed by atoms with Crippen LogP contribution in [0.4, 0.5) is 5.69 Å². The molecule has 2 aromatic carbocycles. The van der Waals surface area contributed by atoms with Crippen molar-refractivity contribution in [2.24, 2.45) is 0 Å². The summed E-state index contributed by atoms with van der Waals surface area (Å²) in [5.41, 5.74) is 9.83. The molecule has 106 valence electrons. The highest BCUT2D eigenvalue weighted by Gasteiger charge is 2.10. The standard InChI is InChI=1S/C17H18N4/c1-11(2)12-7-9-13(10-8-12)16-19-17(21-20-16)14-5-3-4-6-15(14)18/h3-11H,18H2,1-2H3,(H,19,20,21). The lowest BCUT2D eigenvalue weighted by Crippen LogP contribution is -1.90. The second-order valence-electron chi connectivity index (χ2n) is 5.37. The Bertz CT molecular complexity index is 741. The molecule has 0 aliphatic carbocycles. The second kappa shape index (κ2) is 5.40. The van der Waals surface area contributed by atoms with Gasteiger partial charge in [-0.15, -0.1) is 0 Å². The van der Waals surface area contributed by atoms with Crippen molar-refractivity contribution in [3.8, 4) is 22.8 Å². The zero-order valence-electron chi connectivity index (χ0n) is 12.2. The van der Waals surface area contributed by atoms with Gasteiger partial charge in [0, 0.05) is 16.8 Å². The van der Waals surface area contributed by atoms with Crippen molar-refractivity contribution in [1.82, 2.24) is 15.2 Å². The number of nitrogens with one attached hydrogen (secondary N) is 1. The predicted octanol–water partition coefficient (Wildman–Crippen LogP) is 3.84. The van der Waals surface area contributed by atoms with Crippen molar-refractivity contribution in [3.05, 3.63) is 54.1 Å². The molecule has 1 heterocycles. The summed E-state index contributed by atoms with van der Waals surface area (Å²) in [5.74, 6) is 1.89. The van der Waals surface area contributed by atoms with Gasteiger partial charge in [0.2, 0.25) is 0 Å². The molecule has 0 aliphatic heterocycles. The highest BCUT2D eigenvalue weighted by molar-refractivity contribution is 5.72. The number of aromatic amines is 1. The van der Waals surface area contributed by atoms with E-state index in [9.17, 15) is 0 Å². The zero-order valence-corrected chi connectivity index (χ0v) is 12.2. The van der Waals surface area contributed by atoms with Crippen LogP contribution >= 0.6 is 0 Å². The number of nitrogen functional groups attached to an aromatic ring is 1. The quantitative estimate of drug-likeness (QED) is 0.715. The molecule has 0 fully saturated rings. The molecule has 0 unspecified atom stereocenters. The van der Waals surface area contributed by atoms with Gasteiger partial charge in [0.05, 0.1) is 0 Å². The Morgan fingerprint density at radius 3 is 2.38 bits per heavy atom. The number of nitrogens with zero attached hydrogens (tertiary/aromatic N) is 2. The first-order valence-corrected chi connectivity index (χ1v) is 7.03. The Kier molecular flexibility index (Phi) is 3.44. The monoisotopic (exact) mass is 278 g/mol. The first-order chi connectivity index (χ1) is 10.1. The molecule has 0 radical (unpaired) electrons. The molecular weight excluding hydrogens is 260 g/mol. The topological polar surface area (TPSA) is 67.6 Å². The molecule has 3 rings (SSSR count). The van der Waals surface area contributed by atoms with Gasteiger partial charge in [-0.25, -0.2) is 4.98 Å². The Morgan fingerprint density at radius 1 is 1.00 bits per heavy atom. The number of para-hydroxylation sites is 1. The van der Waals surface area contributed by atoms with Crippen LogP contribution in [0.25, 0.3) is 22.8 Å². The highest BCUT2D eigenvalue weighted by atomic mass is 15.2. The summed E-state index contributed by atoms with van der Waals surface area (Å²) in [6.07, 6.45) is 0. The number of H-pyrrole nitrogens is 1. The number of aromatic nitrogens is 3. The Balaban J connectivity index is 1.93. The molecule has 0 atom stereocenters. The average molecular weight is 278 g/mol. The minimum Gasteiger partial charge on any atom is -0.398 e. The van der Waals surface area contributed by atoms with E-state index < -0.39 is 0 Å². The van der Waals surface area contributed by atoms with Crippen molar-refractivity contribution in [3.63, 3.8) is 0 Å². The third kappa shape index (κ3) is 2.65. The summed E-state index contributed by atoms with van der Waals surface area (Å²) in [5, 5.41) is 7.24. The van der Waals surface area contributed by atoms with Crippen LogP contribution in [0.15, 0.2) is 48.5 Å². The molecule has 4 heteroatoms. The lowest BCUT2D eigenvalue weighted by Gasteiger charge is -2.04. The fraction of sp³-hybridized carbons (Fsp3) is 0.176. The SMILES string of the molecule is CC(C)c1ccc(-c2n[nH]c(-c3ccccc3N)n2)cc1. The Labute approximate surface area is 124 Å². The number of hydrogen-bond acceptors (Lipinski definition) is 3. The van der Waals surface area contributed by atoms with E-state index in [4.69, 9.17) is 5.73 Å². The average Bonchev–Trinajstić information content (AvgIpc) is 2.97. The normalized spacial score (nSPS) is 11.0. The zero-order chi connectivity index (χ0) is 14.8. The summed E-state index contributed by atoms with van der Waals surface area (Å²) < 4.78 is 0. The lowest BCUT2D eigenvalue weighted by atomic mass is 10.0. The molecule has 3 aromatic rings. The molecule has 0 saturated carbocycles. The van der Waals surface area contributed by atoms with Crippen molar-refractivity contribution < 1.29 is 0 Å². The first-order valence-electron chi connectivity index (χ1n) is 7.03. The third-order valence-corrected chi connectivity index (χ3v) is 3.54. The summed E-state index contributed by atoms with van der Waals surface area (Å²) in [6, 6.07) is 16.0. The van der Waals surface area contributed by atoms with Gasteiger partial charge < -0.3 is 5.73 Å². The number of rotatable bonds is 3. The molecule has 0 bridgehead atoms. The Hall–Kier alpha value is -2.62. The maximum absolute atomic E-state index is 5.97. The molecule has 21 heavy (non-hydrogen) atoms. The van der Waals surface area contributed by atoms with Crippen molar-refractivity contribution in [1.29, 1.82) is 0 Å². The van der Waals surface area contributed by atoms with Gasteiger partial charge in [-0.1, -0.05) is 50.2 Å². The molecule has 3 N–H and O–H groups in total. The number of nitrogens with two attached hydrogens (primary N) is 1. The fourth-order valence-electron chi connectivity index (χ4n) is 2.24. The van der Waals surface area contributed by atoms with Crippen molar-refractivity contribution in [2.45, 2.75) is 19.8 Å². The van der Waals surface area contributed by atoms with Gasteiger partial charge in [0.25, 0.3) is 0 Å². The van der Waals surface area contributed by atoms with Gasteiger partial charge in [-0.3, -0.25) is 5.10 Å². The van der Waals surface area contributed by atoms with Crippen LogP contribution in [0.2, 0.25) is 0 Å². The van der Waals surface area contributed by atoms with E-state index in [0.717, 1.165) is 11.1 Å². The summed E-state index contributed by atoms with van der Waals surface area (Å²) >= 11 is 0. The molecule has 0 amide bonds. The van der Waals surface area contributed by atoms with Gasteiger partial charge in [0.15, 0.2) is 11.6 Å². The highest BCUT2D eigenvalue weighted by Crippen LogP contribution is 2.25. The van der Waals surface area contributed by atoms with Gasteiger partial charge in [-0.2, -0.15) is 5.10 Å². The van der Waals surface area contributed by atoms with Crippen LogP contribution in [-0.4, -0.2) is 15.2 Å². The molecular formula is C17H18N4. The maximum Gasteiger partial charge on any atom is 0.181 e. The van der Waals surface area contributed by atoms with E-state index in [1.54, 1.807) is 0 Å². The number of hydrogen-bond donors (Lipinski definition) is 2. The van der Waals surface area contributed by atoms with Gasteiger partial charge in [-0.05, 0) is 23.6 Å². The first kappa shape index (κ1) is 13.4. The van der Waals surface area contributed by atoms with E-state index in [1.165, 1.54) is 5.56 Å². The van der Waals surface area contributed by atoms with Crippen LogP contribution < -0.4 is 5.73 Å². The summed E-state index contributed by atoms with van der Waals surface area (Å²) in [4.78, 5) is 4.54. The van der Waals surface area contributed by atoms with Crippen LogP contribution in [0.3, 0.4) is 0 Å². The predicted molar refractivity (Wildman–Crippen MR) is 85.8 cm³/mol. The fourth-order valence-corrected chi connectivity index (χ4v) is 2.24. The summed E-state index contributed by atoms with van der Waals surface area (Å²) in [6.45, 7) is 4.36. The van der Waals surface area contributed by atoms with Gasteiger partial charge in [0.1, 0.15) is 0 Å². The smallest absolute Gasteiger partial charge is 0.181 e. The van der Waals surface area contributed by atoms with Crippen LogP contribution in [-0.2, 0) is 0 Å². The minimum absolute atomic E-state index is 0.519. The number of anilines is 1.